The lowest BCUT2D eigenvalue weighted by molar-refractivity contribution is 0.0697. The highest BCUT2D eigenvalue weighted by molar-refractivity contribution is 6.33. The van der Waals surface area contributed by atoms with Crippen LogP contribution in [0.15, 0.2) is 36.4 Å². The van der Waals surface area contributed by atoms with E-state index < -0.39 is 11.8 Å². The van der Waals surface area contributed by atoms with Crippen molar-refractivity contribution in [2.24, 2.45) is 0 Å². The average Bonchev–Trinajstić information content (AvgIpc) is 2.35. The van der Waals surface area contributed by atoms with Gasteiger partial charge in [0.05, 0.1) is 16.3 Å². The van der Waals surface area contributed by atoms with Crippen molar-refractivity contribution >= 4 is 28.9 Å². The highest BCUT2D eigenvalue weighted by Gasteiger charge is 2.10. The first-order valence-electron chi connectivity index (χ1n) is 5.54. The highest BCUT2D eigenvalue weighted by Crippen LogP contribution is 2.29. The third-order valence-electron chi connectivity index (χ3n) is 2.70. The number of carboxylic acid groups (broad SMARTS) is 1. The van der Waals surface area contributed by atoms with Crippen molar-refractivity contribution < 1.29 is 14.3 Å². The SMILES string of the molecule is Cc1cc(C(=O)O)ccc1Nc1c(F)cccc1Cl. The van der Waals surface area contributed by atoms with Gasteiger partial charge in [-0.3, -0.25) is 0 Å². The molecule has 2 aromatic carbocycles. The van der Waals surface area contributed by atoms with E-state index >= 15 is 0 Å². The van der Waals surface area contributed by atoms with Crippen molar-refractivity contribution in [1.82, 2.24) is 0 Å². The van der Waals surface area contributed by atoms with Crippen LogP contribution >= 0.6 is 11.6 Å². The maximum Gasteiger partial charge on any atom is 0.335 e. The smallest absolute Gasteiger partial charge is 0.335 e. The molecule has 0 saturated carbocycles. The first-order chi connectivity index (χ1) is 8.99. The van der Waals surface area contributed by atoms with E-state index in [1.165, 1.54) is 24.3 Å². The minimum Gasteiger partial charge on any atom is -0.478 e. The minimum absolute atomic E-state index is 0.176. The van der Waals surface area contributed by atoms with Gasteiger partial charge in [0.15, 0.2) is 0 Å². The first kappa shape index (κ1) is 13.4. The molecule has 0 fully saturated rings. The molecule has 0 bridgehead atoms. The van der Waals surface area contributed by atoms with Crippen LogP contribution in [0.25, 0.3) is 0 Å². The zero-order valence-corrected chi connectivity index (χ0v) is 10.8. The van der Waals surface area contributed by atoms with Gasteiger partial charge in [-0.05, 0) is 42.8 Å². The Bertz CT molecular complexity index is 623. The number of para-hydroxylation sites is 1. The summed E-state index contributed by atoms with van der Waals surface area (Å²) in [5.41, 5.74) is 1.66. The summed E-state index contributed by atoms with van der Waals surface area (Å²) in [5, 5.41) is 12.0. The third kappa shape index (κ3) is 2.85. The molecule has 0 spiro atoms. The van der Waals surface area contributed by atoms with Crippen LogP contribution in [0.1, 0.15) is 15.9 Å². The summed E-state index contributed by atoms with van der Waals surface area (Å²) >= 11 is 5.92. The van der Waals surface area contributed by atoms with Gasteiger partial charge in [-0.15, -0.1) is 0 Å². The van der Waals surface area contributed by atoms with Crippen LogP contribution in [-0.2, 0) is 0 Å². The number of rotatable bonds is 3. The number of hydrogen-bond donors (Lipinski definition) is 2. The van der Waals surface area contributed by atoms with Gasteiger partial charge in [0.1, 0.15) is 5.82 Å². The Morgan fingerprint density at radius 2 is 2.05 bits per heavy atom. The monoisotopic (exact) mass is 279 g/mol. The molecule has 0 aromatic heterocycles. The predicted molar refractivity (Wildman–Crippen MR) is 72.8 cm³/mol. The largest absolute Gasteiger partial charge is 0.478 e. The fraction of sp³-hybridized carbons (Fsp3) is 0.0714. The molecule has 2 aromatic rings. The van der Waals surface area contributed by atoms with Gasteiger partial charge in [-0.25, -0.2) is 9.18 Å². The van der Waals surface area contributed by atoms with E-state index in [1.54, 1.807) is 19.1 Å². The topological polar surface area (TPSA) is 49.3 Å². The molecule has 0 atom stereocenters. The molecule has 0 aliphatic heterocycles. The molecule has 0 aliphatic rings. The number of anilines is 2. The van der Waals surface area contributed by atoms with Gasteiger partial charge in [-0.2, -0.15) is 0 Å². The first-order valence-corrected chi connectivity index (χ1v) is 5.92. The van der Waals surface area contributed by atoms with Crippen LogP contribution in [0.5, 0.6) is 0 Å². The predicted octanol–water partition coefficient (Wildman–Crippen LogP) is 4.23. The maximum atomic E-state index is 13.6. The Balaban J connectivity index is 2.36. The molecular weight excluding hydrogens is 269 g/mol. The fourth-order valence-corrected chi connectivity index (χ4v) is 1.90. The summed E-state index contributed by atoms with van der Waals surface area (Å²) in [5.74, 6) is -1.47. The van der Waals surface area contributed by atoms with E-state index in [0.29, 0.717) is 11.3 Å². The Hall–Kier alpha value is -2.07. The van der Waals surface area contributed by atoms with Crippen molar-refractivity contribution in [2.45, 2.75) is 6.92 Å². The summed E-state index contributed by atoms with van der Waals surface area (Å²) in [7, 11) is 0. The van der Waals surface area contributed by atoms with E-state index in [9.17, 15) is 9.18 Å². The van der Waals surface area contributed by atoms with E-state index in [-0.39, 0.29) is 16.3 Å². The molecule has 0 amide bonds. The Morgan fingerprint density at radius 3 is 2.63 bits per heavy atom. The van der Waals surface area contributed by atoms with Crippen molar-refractivity contribution in [3.05, 3.63) is 58.4 Å². The highest BCUT2D eigenvalue weighted by atomic mass is 35.5. The Labute approximate surface area is 114 Å². The second-order valence-corrected chi connectivity index (χ2v) is 4.46. The van der Waals surface area contributed by atoms with Gasteiger partial charge < -0.3 is 10.4 Å². The van der Waals surface area contributed by atoms with E-state index in [1.807, 2.05) is 0 Å². The number of nitrogens with one attached hydrogen (secondary N) is 1. The molecule has 0 radical (unpaired) electrons. The number of carbonyl (C=O) groups is 1. The van der Waals surface area contributed by atoms with Gasteiger partial charge in [0.2, 0.25) is 0 Å². The lowest BCUT2D eigenvalue weighted by Crippen LogP contribution is -2.00. The maximum absolute atomic E-state index is 13.6. The zero-order chi connectivity index (χ0) is 14.0. The number of benzene rings is 2. The Kier molecular flexibility index (Phi) is 3.71. The lowest BCUT2D eigenvalue weighted by atomic mass is 10.1. The summed E-state index contributed by atoms with van der Waals surface area (Å²) in [6, 6.07) is 8.94. The van der Waals surface area contributed by atoms with E-state index in [4.69, 9.17) is 16.7 Å². The summed E-state index contributed by atoms with van der Waals surface area (Å²) in [6.45, 7) is 1.74. The molecule has 0 heterocycles. The fourth-order valence-electron chi connectivity index (χ4n) is 1.69. The van der Waals surface area contributed by atoms with Crippen molar-refractivity contribution in [3.8, 4) is 0 Å². The number of halogens is 2. The van der Waals surface area contributed by atoms with Crippen LogP contribution in [0.4, 0.5) is 15.8 Å². The van der Waals surface area contributed by atoms with Crippen LogP contribution in [0, 0.1) is 12.7 Å². The molecule has 2 rings (SSSR count). The second kappa shape index (κ2) is 5.28. The molecule has 3 nitrogen and oxygen atoms in total. The number of aromatic carboxylic acids is 1. The van der Waals surface area contributed by atoms with E-state index in [0.717, 1.165) is 0 Å². The summed E-state index contributed by atoms with van der Waals surface area (Å²) in [4.78, 5) is 10.8. The van der Waals surface area contributed by atoms with Crippen LogP contribution < -0.4 is 5.32 Å². The molecule has 0 unspecified atom stereocenters. The van der Waals surface area contributed by atoms with Gasteiger partial charge >= 0.3 is 5.97 Å². The standard InChI is InChI=1S/C14H11ClFNO2/c1-8-7-9(14(18)19)5-6-12(8)17-13-10(15)3-2-4-11(13)16/h2-7,17H,1H3,(H,18,19). The number of carboxylic acids is 1. The van der Waals surface area contributed by atoms with Crippen molar-refractivity contribution in [3.63, 3.8) is 0 Å². The minimum atomic E-state index is -1.00. The van der Waals surface area contributed by atoms with Gasteiger partial charge in [-0.1, -0.05) is 17.7 Å². The quantitative estimate of drug-likeness (QED) is 0.884. The number of hydrogen-bond acceptors (Lipinski definition) is 2. The van der Waals surface area contributed by atoms with Gasteiger partial charge in [0.25, 0.3) is 0 Å². The summed E-state index contributed by atoms with van der Waals surface area (Å²) < 4.78 is 13.6. The van der Waals surface area contributed by atoms with E-state index in [2.05, 4.69) is 5.32 Å². The van der Waals surface area contributed by atoms with Crippen LogP contribution in [0.3, 0.4) is 0 Å². The molecule has 0 saturated heterocycles. The van der Waals surface area contributed by atoms with Crippen molar-refractivity contribution in [1.29, 1.82) is 0 Å². The van der Waals surface area contributed by atoms with Crippen LogP contribution in [-0.4, -0.2) is 11.1 Å². The average molecular weight is 280 g/mol. The Morgan fingerprint density at radius 1 is 1.32 bits per heavy atom. The molecule has 19 heavy (non-hydrogen) atoms. The summed E-state index contributed by atoms with van der Waals surface area (Å²) in [6.07, 6.45) is 0. The van der Waals surface area contributed by atoms with Crippen molar-refractivity contribution in [2.75, 3.05) is 5.32 Å². The molecule has 98 valence electrons. The molecule has 0 aliphatic carbocycles. The lowest BCUT2D eigenvalue weighted by Gasteiger charge is -2.12. The molecule has 2 N–H and O–H groups in total. The normalized spacial score (nSPS) is 10.3. The molecular formula is C14H11ClFNO2. The molecule has 5 heteroatoms. The zero-order valence-electron chi connectivity index (χ0n) is 10.1. The number of aryl methyl sites for hydroxylation is 1. The van der Waals surface area contributed by atoms with Gasteiger partial charge in [0, 0.05) is 5.69 Å². The van der Waals surface area contributed by atoms with Crippen LogP contribution in [0.2, 0.25) is 5.02 Å². The second-order valence-electron chi connectivity index (χ2n) is 4.06. The third-order valence-corrected chi connectivity index (χ3v) is 3.01.